The Morgan fingerprint density at radius 2 is 1.78 bits per heavy atom. The van der Waals surface area contributed by atoms with Gasteiger partial charge in [-0.05, 0) is 35.4 Å². The Balaban J connectivity index is 1.74. The maximum Gasteiger partial charge on any atom is 0.333 e. The molecule has 0 saturated carbocycles. The van der Waals surface area contributed by atoms with Crippen LogP contribution in [0.1, 0.15) is 11.1 Å². The standard InChI is InChI=1S/C21H20FNO4/c1-14(19(24)26-2)11-15-3-5-16(6-4-15)21(12-27-13-21)20(25)23-18-9-7-17(22)8-10-18/h3-10H,1,11-13H2,2H3,(H,23,25). The third kappa shape index (κ3) is 3.90. The minimum atomic E-state index is -0.785. The molecule has 1 aliphatic rings. The molecular formula is C21H20FNO4. The number of benzene rings is 2. The summed E-state index contributed by atoms with van der Waals surface area (Å²) in [7, 11) is 1.32. The van der Waals surface area contributed by atoms with Crippen molar-refractivity contribution in [2.75, 3.05) is 25.6 Å². The lowest BCUT2D eigenvalue weighted by atomic mass is 9.77. The highest BCUT2D eigenvalue weighted by molar-refractivity contribution is 6.00. The smallest absolute Gasteiger partial charge is 0.333 e. The molecule has 140 valence electrons. The molecular weight excluding hydrogens is 349 g/mol. The molecule has 5 nitrogen and oxygen atoms in total. The van der Waals surface area contributed by atoms with Crippen molar-refractivity contribution in [2.45, 2.75) is 11.8 Å². The maximum atomic E-state index is 13.0. The summed E-state index contributed by atoms with van der Waals surface area (Å²) in [6.07, 6.45) is 0.373. The highest BCUT2D eigenvalue weighted by Crippen LogP contribution is 2.34. The number of esters is 1. The minimum absolute atomic E-state index is 0.202. The van der Waals surface area contributed by atoms with Gasteiger partial charge in [-0.2, -0.15) is 0 Å². The lowest BCUT2D eigenvalue weighted by Gasteiger charge is -2.40. The number of nitrogens with one attached hydrogen (secondary N) is 1. The van der Waals surface area contributed by atoms with Crippen LogP contribution in [-0.2, 0) is 30.9 Å². The second-order valence-electron chi connectivity index (χ2n) is 6.50. The maximum absolute atomic E-state index is 13.0. The van der Waals surface area contributed by atoms with E-state index >= 15 is 0 Å². The van der Waals surface area contributed by atoms with Crippen LogP contribution in [0.2, 0.25) is 0 Å². The fourth-order valence-electron chi connectivity index (χ4n) is 2.92. The van der Waals surface area contributed by atoms with E-state index in [2.05, 4.69) is 16.6 Å². The van der Waals surface area contributed by atoms with E-state index in [0.717, 1.165) is 11.1 Å². The predicted molar refractivity (Wildman–Crippen MR) is 98.8 cm³/mol. The zero-order valence-electron chi connectivity index (χ0n) is 15.0. The molecule has 6 heteroatoms. The van der Waals surface area contributed by atoms with Gasteiger partial charge in [0.05, 0.1) is 20.3 Å². The molecule has 1 heterocycles. The molecule has 27 heavy (non-hydrogen) atoms. The monoisotopic (exact) mass is 369 g/mol. The van der Waals surface area contributed by atoms with Crippen LogP contribution >= 0.6 is 0 Å². The molecule has 0 atom stereocenters. The van der Waals surface area contributed by atoms with Crippen LogP contribution in [0, 0.1) is 5.82 Å². The van der Waals surface area contributed by atoms with Crippen LogP contribution in [0.5, 0.6) is 0 Å². The van der Waals surface area contributed by atoms with Gasteiger partial charge in [-0.3, -0.25) is 4.79 Å². The Morgan fingerprint density at radius 1 is 1.15 bits per heavy atom. The first kappa shape index (κ1) is 18.8. The Labute approximate surface area is 156 Å². The van der Waals surface area contributed by atoms with Crippen molar-refractivity contribution in [3.8, 4) is 0 Å². The Bertz CT molecular complexity index is 855. The zero-order chi connectivity index (χ0) is 19.4. The number of halogens is 1. The number of hydrogen-bond acceptors (Lipinski definition) is 4. The minimum Gasteiger partial charge on any atom is -0.466 e. The zero-order valence-corrected chi connectivity index (χ0v) is 15.0. The largest absolute Gasteiger partial charge is 0.466 e. The first-order chi connectivity index (χ1) is 12.9. The molecule has 1 amide bonds. The van der Waals surface area contributed by atoms with Gasteiger partial charge in [0.1, 0.15) is 11.2 Å². The van der Waals surface area contributed by atoms with Crippen LogP contribution < -0.4 is 5.32 Å². The molecule has 3 rings (SSSR count). The quantitative estimate of drug-likeness (QED) is 0.628. The van der Waals surface area contributed by atoms with Crippen molar-refractivity contribution in [3.05, 3.63) is 77.6 Å². The molecule has 2 aromatic carbocycles. The highest BCUT2D eigenvalue weighted by atomic mass is 19.1. The number of rotatable bonds is 6. The number of carbonyl (C=O) groups is 2. The predicted octanol–water partition coefficient (Wildman–Crippen LogP) is 3.00. The van der Waals surface area contributed by atoms with Crippen molar-refractivity contribution in [3.63, 3.8) is 0 Å². The fourth-order valence-corrected chi connectivity index (χ4v) is 2.92. The van der Waals surface area contributed by atoms with E-state index in [9.17, 15) is 14.0 Å². The Morgan fingerprint density at radius 3 is 2.30 bits per heavy atom. The van der Waals surface area contributed by atoms with E-state index in [1.165, 1.54) is 31.4 Å². The molecule has 1 N–H and O–H groups in total. The molecule has 2 aromatic rings. The van der Waals surface area contributed by atoms with Gasteiger partial charge in [0.25, 0.3) is 0 Å². The summed E-state index contributed by atoms with van der Waals surface area (Å²) in [5.41, 5.74) is 1.82. The third-order valence-electron chi connectivity index (χ3n) is 4.63. The number of hydrogen-bond donors (Lipinski definition) is 1. The molecule has 0 unspecified atom stereocenters. The van der Waals surface area contributed by atoms with Crippen molar-refractivity contribution >= 4 is 17.6 Å². The first-order valence-corrected chi connectivity index (χ1v) is 8.45. The van der Waals surface area contributed by atoms with Gasteiger partial charge in [0.15, 0.2) is 0 Å². The molecule has 0 bridgehead atoms. The lowest BCUT2D eigenvalue weighted by molar-refractivity contribution is -0.139. The number of ether oxygens (including phenoxy) is 2. The summed E-state index contributed by atoms with van der Waals surface area (Å²) in [6, 6.07) is 13.0. The number of methoxy groups -OCH3 is 1. The average molecular weight is 369 g/mol. The summed E-state index contributed by atoms with van der Waals surface area (Å²) >= 11 is 0. The second kappa shape index (κ2) is 7.72. The van der Waals surface area contributed by atoms with Gasteiger partial charge in [0.2, 0.25) is 5.91 Å². The molecule has 0 radical (unpaired) electrons. The molecule has 0 aliphatic carbocycles. The SMILES string of the molecule is C=C(Cc1ccc(C2(C(=O)Nc3ccc(F)cc3)COC2)cc1)C(=O)OC. The molecule has 1 fully saturated rings. The van der Waals surface area contributed by atoms with Crippen molar-refractivity contribution in [1.82, 2.24) is 0 Å². The highest BCUT2D eigenvalue weighted by Gasteiger charge is 2.47. The summed E-state index contributed by atoms with van der Waals surface area (Å²) in [5, 5.41) is 2.82. The van der Waals surface area contributed by atoms with Crippen LogP contribution in [0.4, 0.5) is 10.1 Å². The van der Waals surface area contributed by atoms with Gasteiger partial charge < -0.3 is 14.8 Å². The lowest BCUT2D eigenvalue weighted by Crippen LogP contribution is -2.55. The second-order valence-corrected chi connectivity index (χ2v) is 6.50. The normalized spacial score (nSPS) is 14.7. The van der Waals surface area contributed by atoms with Crippen LogP contribution in [0.25, 0.3) is 0 Å². The number of anilines is 1. The van der Waals surface area contributed by atoms with Crippen molar-refractivity contribution < 1.29 is 23.5 Å². The number of carbonyl (C=O) groups excluding carboxylic acids is 2. The van der Waals surface area contributed by atoms with E-state index in [1.54, 1.807) is 0 Å². The van der Waals surface area contributed by atoms with E-state index in [1.807, 2.05) is 24.3 Å². The summed E-state index contributed by atoms with van der Waals surface area (Å²) < 4.78 is 23.0. The van der Waals surface area contributed by atoms with E-state index in [-0.39, 0.29) is 24.9 Å². The van der Waals surface area contributed by atoms with Gasteiger partial charge in [-0.25, -0.2) is 9.18 Å². The van der Waals surface area contributed by atoms with Crippen LogP contribution in [0.15, 0.2) is 60.7 Å². The van der Waals surface area contributed by atoms with E-state index in [4.69, 9.17) is 4.74 Å². The van der Waals surface area contributed by atoms with Crippen molar-refractivity contribution in [2.24, 2.45) is 0 Å². The average Bonchev–Trinajstić information content (AvgIpc) is 2.63. The van der Waals surface area contributed by atoms with Crippen LogP contribution in [-0.4, -0.2) is 32.2 Å². The molecule has 0 spiro atoms. The molecule has 1 saturated heterocycles. The fraction of sp³-hybridized carbons (Fsp3) is 0.238. The molecule has 1 aliphatic heterocycles. The van der Waals surface area contributed by atoms with E-state index in [0.29, 0.717) is 17.7 Å². The van der Waals surface area contributed by atoms with Crippen LogP contribution in [0.3, 0.4) is 0 Å². The Kier molecular flexibility index (Phi) is 5.37. The topological polar surface area (TPSA) is 64.6 Å². The summed E-state index contributed by atoms with van der Waals surface area (Å²) in [6.45, 7) is 4.26. The van der Waals surface area contributed by atoms with Crippen molar-refractivity contribution in [1.29, 1.82) is 0 Å². The van der Waals surface area contributed by atoms with Gasteiger partial charge in [-0.1, -0.05) is 30.8 Å². The Hall–Kier alpha value is -2.99. The summed E-state index contributed by atoms with van der Waals surface area (Å²) in [5.74, 6) is -1.01. The van der Waals surface area contributed by atoms with Gasteiger partial charge in [0, 0.05) is 17.7 Å². The van der Waals surface area contributed by atoms with E-state index < -0.39 is 11.4 Å². The molecule has 0 aromatic heterocycles. The van der Waals surface area contributed by atoms with Gasteiger partial charge >= 0.3 is 5.97 Å². The summed E-state index contributed by atoms with van der Waals surface area (Å²) in [4.78, 5) is 24.3. The van der Waals surface area contributed by atoms with Gasteiger partial charge in [-0.15, -0.1) is 0 Å². The first-order valence-electron chi connectivity index (χ1n) is 8.45. The third-order valence-corrected chi connectivity index (χ3v) is 4.63. The number of amides is 1.